The van der Waals surface area contributed by atoms with Crippen LogP contribution < -0.4 is 4.74 Å². The Morgan fingerprint density at radius 3 is 2.52 bits per heavy atom. The number of aryl methyl sites for hydroxylation is 1. The number of rotatable bonds is 5. The fourth-order valence-corrected chi connectivity index (χ4v) is 3.06. The predicted octanol–water partition coefficient (Wildman–Crippen LogP) is 4.63. The number of carbonyl (C=O) groups is 1. The summed E-state index contributed by atoms with van der Waals surface area (Å²) in [4.78, 5) is 11.2. The van der Waals surface area contributed by atoms with Crippen LogP contribution in [0.4, 0.5) is 0 Å². The first-order valence-electron chi connectivity index (χ1n) is 8.07. The van der Waals surface area contributed by atoms with Crippen molar-refractivity contribution in [2.75, 3.05) is 7.11 Å². The lowest BCUT2D eigenvalue weighted by atomic mass is 9.71. The second-order valence-corrected chi connectivity index (χ2v) is 7.09. The lowest BCUT2D eigenvalue weighted by molar-refractivity contribution is -0.135. The molecule has 1 saturated carbocycles. The highest BCUT2D eigenvalue weighted by molar-refractivity contribution is 5.84. The highest BCUT2D eigenvalue weighted by Crippen LogP contribution is 2.43. The zero-order valence-corrected chi connectivity index (χ0v) is 14.4. The number of aliphatic carboxylic acids is 1. The van der Waals surface area contributed by atoms with E-state index < -0.39 is 5.97 Å². The molecule has 0 heterocycles. The summed E-state index contributed by atoms with van der Waals surface area (Å²) in [6.45, 7) is 6.55. The van der Waals surface area contributed by atoms with Gasteiger partial charge in [0.1, 0.15) is 12.0 Å². The summed E-state index contributed by atoms with van der Waals surface area (Å²) in [7, 11) is 1.40. The van der Waals surface area contributed by atoms with Gasteiger partial charge in [0.15, 0.2) is 0 Å². The highest BCUT2D eigenvalue weighted by Gasteiger charge is 2.28. The van der Waals surface area contributed by atoms with E-state index in [2.05, 4.69) is 19.9 Å². The summed E-state index contributed by atoms with van der Waals surface area (Å²) >= 11 is 0. The maximum Gasteiger partial charge on any atom is 0.375 e. The van der Waals surface area contributed by atoms with Gasteiger partial charge in [-0.3, -0.25) is 0 Å². The van der Waals surface area contributed by atoms with Crippen LogP contribution in [0.25, 0.3) is 0 Å². The van der Waals surface area contributed by atoms with Crippen LogP contribution in [0, 0.1) is 12.3 Å². The third-order valence-corrected chi connectivity index (χ3v) is 4.68. The van der Waals surface area contributed by atoms with Crippen molar-refractivity contribution >= 4 is 5.97 Å². The lowest BCUT2D eigenvalue weighted by Gasteiger charge is -2.34. The fourth-order valence-electron chi connectivity index (χ4n) is 3.06. The minimum atomic E-state index is -1.14. The van der Waals surface area contributed by atoms with E-state index in [1.807, 2.05) is 19.1 Å². The molecule has 0 radical (unpaired) electrons. The Morgan fingerprint density at radius 2 is 1.96 bits per heavy atom. The standard InChI is InChI=1S/C19H26O4/c1-13-5-6-15(14-7-9-19(2,3)10-8-14)11-16(13)23-17(12-22-4)18(20)21/h5-6,11-12,14H,7-10H2,1-4H3,(H,20,21)/b17-12-. The Bertz CT molecular complexity index is 591. The maximum atomic E-state index is 11.2. The number of benzene rings is 1. The summed E-state index contributed by atoms with van der Waals surface area (Å²) in [5.41, 5.74) is 2.56. The Kier molecular flexibility index (Phi) is 5.34. The average molecular weight is 318 g/mol. The molecule has 1 aromatic carbocycles. The van der Waals surface area contributed by atoms with E-state index >= 15 is 0 Å². The van der Waals surface area contributed by atoms with Crippen LogP contribution in [0.3, 0.4) is 0 Å². The van der Waals surface area contributed by atoms with Crippen LogP contribution in [-0.2, 0) is 9.53 Å². The SMILES string of the molecule is CO/C=C(\Oc1cc(C2CCC(C)(C)CC2)ccc1C)C(=O)O. The zero-order valence-electron chi connectivity index (χ0n) is 14.4. The molecule has 4 nitrogen and oxygen atoms in total. The van der Waals surface area contributed by atoms with Crippen molar-refractivity contribution in [3.63, 3.8) is 0 Å². The van der Waals surface area contributed by atoms with E-state index in [0.29, 0.717) is 17.1 Å². The number of carboxylic acids is 1. The van der Waals surface area contributed by atoms with Gasteiger partial charge in [0.2, 0.25) is 5.76 Å². The Balaban J connectivity index is 2.19. The fraction of sp³-hybridized carbons (Fsp3) is 0.526. The van der Waals surface area contributed by atoms with Gasteiger partial charge in [0.05, 0.1) is 7.11 Å². The molecular weight excluding hydrogens is 292 g/mol. The predicted molar refractivity (Wildman–Crippen MR) is 89.5 cm³/mol. The van der Waals surface area contributed by atoms with Crippen LogP contribution in [-0.4, -0.2) is 18.2 Å². The maximum absolute atomic E-state index is 11.2. The molecule has 1 aromatic rings. The quantitative estimate of drug-likeness (QED) is 0.635. The van der Waals surface area contributed by atoms with Crippen molar-refractivity contribution < 1.29 is 19.4 Å². The monoisotopic (exact) mass is 318 g/mol. The Morgan fingerprint density at radius 1 is 1.30 bits per heavy atom. The molecule has 4 heteroatoms. The van der Waals surface area contributed by atoms with Crippen molar-refractivity contribution in [3.8, 4) is 5.75 Å². The summed E-state index contributed by atoms with van der Waals surface area (Å²) < 4.78 is 10.3. The molecule has 126 valence electrons. The first kappa shape index (κ1) is 17.4. The molecule has 0 saturated heterocycles. The molecule has 1 aliphatic carbocycles. The second-order valence-electron chi connectivity index (χ2n) is 7.09. The van der Waals surface area contributed by atoms with Crippen molar-refractivity contribution in [1.29, 1.82) is 0 Å². The van der Waals surface area contributed by atoms with Gasteiger partial charge >= 0.3 is 5.97 Å². The molecule has 1 fully saturated rings. The van der Waals surface area contributed by atoms with Gasteiger partial charge in [-0.05, 0) is 61.1 Å². The number of carboxylic acid groups (broad SMARTS) is 1. The average Bonchev–Trinajstić information content (AvgIpc) is 2.49. The molecule has 0 amide bonds. The first-order chi connectivity index (χ1) is 10.8. The van der Waals surface area contributed by atoms with Gasteiger partial charge < -0.3 is 14.6 Å². The molecule has 23 heavy (non-hydrogen) atoms. The highest BCUT2D eigenvalue weighted by atomic mass is 16.5. The van der Waals surface area contributed by atoms with Gasteiger partial charge in [-0.2, -0.15) is 0 Å². The van der Waals surface area contributed by atoms with E-state index in [-0.39, 0.29) is 5.76 Å². The van der Waals surface area contributed by atoms with E-state index in [4.69, 9.17) is 14.6 Å². The van der Waals surface area contributed by atoms with E-state index in [9.17, 15) is 4.79 Å². The molecule has 0 aromatic heterocycles. The minimum Gasteiger partial charge on any atom is -0.500 e. The summed E-state index contributed by atoms with van der Waals surface area (Å²) in [6.07, 6.45) is 5.86. The summed E-state index contributed by atoms with van der Waals surface area (Å²) in [6, 6.07) is 6.10. The minimum absolute atomic E-state index is 0.211. The second kappa shape index (κ2) is 7.07. The van der Waals surface area contributed by atoms with Crippen molar-refractivity contribution in [3.05, 3.63) is 41.3 Å². The van der Waals surface area contributed by atoms with Gasteiger partial charge in [0.25, 0.3) is 0 Å². The first-order valence-corrected chi connectivity index (χ1v) is 8.07. The molecular formula is C19H26O4. The van der Waals surface area contributed by atoms with Gasteiger partial charge in [-0.25, -0.2) is 4.79 Å². The van der Waals surface area contributed by atoms with Crippen LogP contribution >= 0.6 is 0 Å². The van der Waals surface area contributed by atoms with Crippen molar-refractivity contribution in [1.82, 2.24) is 0 Å². The molecule has 0 spiro atoms. The smallest absolute Gasteiger partial charge is 0.375 e. The largest absolute Gasteiger partial charge is 0.500 e. The van der Waals surface area contributed by atoms with E-state index in [1.54, 1.807) is 0 Å². The number of hydrogen-bond donors (Lipinski definition) is 1. The Labute approximate surface area is 138 Å². The molecule has 0 atom stereocenters. The van der Waals surface area contributed by atoms with Crippen LogP contribution in [0.15, 0.2) is 30.2 Å². The van der Waals surface area contributed by atoms with E-state index in [0.717, 1.165) is 24.7 Å². The molecule has 1 N–H and O–H groups in total. The lowest BCUT2D eigenvalue weighted by Crippen LogP contribution is -2.20. The molecule has 2 rings (SSSR count). The van der Waals surface area contributed by atoms with Crippen LogP contribution in [0.2, 0.25) is 0 Å². The molecule has 0 bridgehead atoms. The van der Waals surface area contributed by atoms with Crippen molar-refractivity contribution in [2.45, 2.75) is 52.4 Å². The van der Waals surface area contributed by atoms with Gasteiger partial charge in [-0.1, -0.05) is 26.0 Å². The zero-order chi connectivity index (χ0) is 17.0. The molecule has 0 unspecified atom stereocenters. The number of methoxy groups -OCH3 is 1. The Hall–Kier alpha value is -1.97. The molecule has 0 aliphatic heterocycles. The number of hydrogen-bond acceptors (Lipinski definition) is 3. The topological polar surface area (TPSA) is 55.8 Å². The van der Waals surface area contributed by atoms with Gasteiger partial charge in [0, 0.05) is 0 Å². The third-order valence-electron chi connectivity index (χ3n) is 4.68. The van der Waals surface area contributed by atoms with Crippen LogP contribution in [0.1, 0.15) is 56.6 Å². The normalized spacial score (nSPS) is 18.5. The third kappa shape index (κ3) is 4.50. The summed E-state index contributed by atoms with van der Waals surface area (Å²) in [5.74, 6) is -0.253. The van der Waals surface area contributed by atoms with Crippen molar-refractivity contribution in [2.24, 2.45) is 5.41 Å². The van der Waals surface area contributed by atoms with E-state index in [1.165, 1.54) is 25.5 Å². The van der Waals surface area contributed by atoms with Crippen LogP contribution in [0.5, 0.6) is 5.75 Å². The number of ether oxygens (including phenoxy) is 2. The van der Waals surface area contributed by atoms with Gasteiger partial charge in [-0.15, -0.1) is 0 Å². The molecule has 1 aliphatic rings. The summed E-state index contributed by atoms with van der Waals surface area (Å²) in [5, 5.41) is 9.16.